The lowest BCUT2D eigenvalue weighted by Crippen LogP contribution is -2.46. The minimum atomic E-state index is -0.147. The van der Waals surface area contributed by atoms with Crippen molar-refractivity contribution in [3.05, 3.63) is 0 Å². The molecule has 0 heterocycles. The number of nitrogens with two attached hydrogens (primary N) is 1. The summed E-state index contributed by atoms with van der Waals surface area (Å²) in [5, 5.41) is 0. The van der Waals surface area contributed by atoms with Gasteiger partial charge < -0.3 is 4.90 Å². The third-order valence-corrected chi connectivity index (χ3v) is 1.93. The molecular weight excluding hydrogens is 154 g/mol. The monoisotopic (exact) mass is 171 g/mol. The molecule has 0 radical (unpaired) electrons. The Morgan fingerprint density at radius 1 is 1.67 bits per heavy atom. The molecule has 0 unspecified atom stereocenters. The molecule has 0 bridgehead atoms. The van der Waals surface area contributed by atoms with Gasteiger partial charge in [0.05, 0.1) is 0 Å². The number of carbonyl (C=O) groups is 1. The number of carbonyl (C=O) groups excluding carboxylic acids is 1. The first-order chi connectivity index (χ1) is 5.65. The van der Waals surface area contributed by atoms with Crippen LogP contribution in [0.25, 0.3) is 0 Å². The average molecular weight is 171 g/mol. The van der Waals surface area contributed by atoms with E-state index in [0.29, 0.717) is 12.0 Å². The van der Waals surface area contributed by atoms with Crippen molar-refractivity contribution in [1.82, 2.24) is 10.3 Å². The normalized spacial score (nSPS) is 16.3. The molecule has 0 aromatic carbocycles. The molecule has 0 spiro atoms. The van der Waals surface area contributed by atoms with Gasteiger partial charge >= 0.3 is 6.03 Å². The van der Waals surface area contributed by atoms with Crippen LogP contribution in [0.2, 0.25) is 0 Å². The summed E-state index contributed by atoms with van der Waals surface area (Å²) >= 11 is 0. The van der Waals surface area contributed by atoms with E-state index in [1.165, 1.54) is 0 Å². The molecule has 1 rings (SSSR count). The predicted molar refractivity (Wildman–Crippen MR) is 47.3 cm³/mol. The van der Waals surface area contributed by atoms with Crippen molar-refractivity contribution in [1.29, 1.82) is 0 Å². The maximum absolute atomic E-state index is 11.2. The maximum Gasteiger partial charge on any atom is 0.331 e. The van der Waals surface area contributed by atoms with E-state index in [1.54, 1.807) is 0 Å². The summed E-state index contributed by atoms with van der Waals surface area (Å²) in [6.07, 6.45) is 2.25. The third-order valence-electron chi connectivity index (χ3n) is 1.93. The number of urea groups is 1. The van der Waals surface area contributed by atoms with Crippen LogP contribution in [-0.2, 0) is 0 Å². The van der Waals surface area contributed by atoms with E-state index in [0.717, 1.165) is 19.4 Å². The Labute approximate surface area is 73.1 Å². The lowest BCUT2D eigenvalue weighted by molar-refractivity contribution is 0.188. The van der Waals surface area contributed by atoms with E-state index in [9.17, 15) is 4.79 Å². The minimum Gasteiger partial charge on any atom is -0.320 e. The Balaban J connectivity index is 2.42. The Morgan fingerprint density at radius 2 is 2.25 bits per heavy atom. The van der Waals surface area contributed by atoms with E-state index in [2.05, 4.69) is 19.3 Å². The van der Waals surface area contributed by atoms with E-state index >= 15 is 0 Å². The second-order valence-electron chi connectivity index (χ2n) is 3.73. The van der Waals surface area contributed by atoms with Gasteiger partial charge in [-0.2, -0.15) is 0 Å². The molecule has 0 aliphatic heterocycles. The Kier molecular flexibility index (Phi) is 2.92. The molecule has 1 aliphatic rings. The van der Waals surface area contributed by atoms with Crippen LogP contribution in [0.4, 0.5) is 4.79 Å². The molecule has 0 aromatic rings. The Morgan fingerprint density at radius 3 is 2.58 bits per heavy atom. The van der Waals surface area contributed by atoms with Crippen molar-refractivity contribution in [3.8, 4) is 0 Å². The van der Waals surface area contributed by atoms with Gasteiger partial charge in [0, 0.05) is 12.6 Å². The Hall–Kier alpha value is -0.770. The second kappa shape index (κ2) is 3.76. The van der Waals surface area contributed by atoms with Gasteiger partial charge in [-0.15, -0.1) is 0 Å². The molecule has 12 heavy (non-hydrogen) atoms. The molecule has 2 amide bonds. The summed E-state index contributed by atoms with van der Waals surface area (Å²) in [5.74, 6) is 5.58. The molecule has 70 valence electrons. The topological polar surface area (TPSA) is 58.4 Å². The summed E-state index contributed by atoms with van der Waals surface area (Å²) in [4.78, 5) is 13.0. The number of nitrogens with zero attached hydrogens (tertiary/aromatic N) is 1. The van der Waals surface area contributed by atoms with Gasteiger partial charge in [0.1, 0.15) is 0 Å². The second-order valence-corrected chi connectivity index (χ2v) is 3.73. The smallest absolute Gasteiger partial charge is 0.320 e. The summed E-state index contributed by atoms with van der Waals surface area (Å²) in [6.45, 7) is 4.99. The van der Waals surface area contributed by atoms with Gasteiger partial charge in [0.2, 0.25) is 0 Å². The SMILES string of the molecule is CC(C)CN(C(=O)NN)C1CC1. The van der Waals surface area contributed by atoms with Gasteiger partial charge in [0.15, 0.2) is 0 Å². The first-order valence-corrected chi connectivity index (χ1v) is 4.42. The van der Waals surface area contributed by atoms with Crippen LogP contribution < -0.4 is 11.3 Å². The van der Waals surface area contributed by atoms with Crippen LogP contribution >= 0.6 is 0 Å². The van der Waals surface area contributed by atoms with Crippen molar-refractivity contribution < 1.29 is 4.79 Å². The van der Waals surface area contributed by atoms with E-state index < -0.39 is 0 Å². The molecule has 1 fully saturated rings. The minimum absolute atomic E-state index is 0.147. The van der Waals surface area contributed by atoms with Gasteiger partial charge in [0.25, 0.3) is 0 Å². The van der Waals surface area contributed by atoms with Crippen LogP contribution in [0.1, 0.15) is 26.7 Å². The lowest BCUT2D eigenvalue weighted by Gasteiger charge is -2.23. The van der Waals surface area contributed by atoms with Crippen molar-refractivity contribution in [3.63, 3.8) is 0 Å². The molecule has 1 aliphatic carbocycles. The summed E-state index contributed by atoms with van der Waals surface area (Å²) in [6, 6.07) is 0.294. The maximum atomic E-state index is 11.2. The number of nitrogens with one attached hydrogen (secondary N) is 1. The van der Waals surface area contributed by atoms with Crippen LogP contribution in [0.3, 0.4) is 0 Å². The van der Waals surface area contributed by atoms with Crippen molar-refractivity contribution in [2.75, 3.05) is 6.54 Å². The predicted octanol–water partition coefficient (Wildman–Crippen LogP) is 0.690. The number of hydrogen-bond acceptors (Lipinski definition) is 2. The Bertz CT molecular complexity index is 166. The third kappa shape index (κ3) is 2.37. The zero-order valence-electron chi connectivity index (χ0n) is 7.71. The molecule has 4 nitrogen and oxygen atoms in total. The van der Waals surface area contributed by atoms with E-state index in [-0.39, 0.29) is 6.03 Å². The van der Waals surface area contributed by atoms with E-state index in [4.69, 9.17) is 5.84 Å². The van der Waals surface area contributed by atoms with Crippen molar-refractivity contribution >= 4 is 6.03 Å². The van der Waals surface area contributed by atoms with Crippen LogP contribution in [0.15, 0.2) is 0 Å². The lowest BCUT2D eigenvalue weighted by atomic mass is 10.2. The molecule has 0 aromatic heterocycles. The number of rotatable bonds is 3. The number of hydrazine groups is 1. The highest BCUT2D eigenvalue weighted by Crippen LogP contribution is 2.27. The van der Waals surface area contributed by atoms with Gasteiger partial charge in [-0.1, -0.05) is 13.8 Å². The molecule has 4 heteroatoms. The first-order valence-electron chi connectivity index (χ1n) is 4.42. The van der Waals surface area contributed by atoms with Crippen molar-refractivity contribution in [2.24, 2.45) is 11.8 Å². The zero-order valence-corrected chi connectivity index (χ0v) is 7.71. The number of hydrogen-bond donors (Lipinski definition) is 2. The van der Waals surface area contributed by atoms with Crippen LogP contribution in [0.5, 0.6) is 0 Å². The van der Waals surface area contributed by atoms with E-state index in [1.807, 2.05) is 4.90 Å². The number of amides is 2. The highest BCUT2D eigenvalue weighted by molar-refractivity contribution is 5.74. The van der Waals surface area contributed by atoms with Crippen molar-refractivity contribution in [2.45, 2.75) is 32.7 Å². The fourth-order valence-corrected chi connectivity index (χ4v) is 1.26. The van der Waals surface area contributed by atoms with Gasteiger partial charge in [-0.05, 0) is 18.8 Å². The zero-order chi connectivity index (χ0) is 9.14. The average Bonchev–Trinajstić information content (AvgIpc) is 2.81. The highest BCUT2D eigenvalue weighted by Gasteiger charge is 2.32. The molecule has 1 saturated carbocycles. The fourth-order valence-electron chi connectivity index (χ4n) is 1.26. The fraction of sp³-hybridized carbons (Fsp3) is 0.875. The molecule has 0 atom stereocenters. The summed E-state index contributed by atoms with van der Waals surface area (Å²) in [5.41, 5.74) is 2.18. The van der Waals surface area contributed by atoms with Gasteiger partial charge in [-0.3, -0.25) is 5.43 Å². The molecular formula is C8H17N3O. The van der Waals surface area contributed by atoms with Crippen LogP contribution in [0, 0.1) is 5.92 Å². The summed E-state index contributed by atoms with van der Waals surface area (Å²) < 4.78 is 0. The largest absolute Gasteiger partial charge is 0.331 e. The van der Waals surface area contributed by atoms with Crippen LogP contribution in [-0.4, -0.2) is 23.5 Å². The highest BCUT2D eigenvalue weighted by atomic mass is 16.2. The molecule has 3 N–H and O–H groups in total. The van der Waals surface area contributed by atoms with Gasteiger partial charge in [-0.25, -0.2) is 10.6 Å². The first kappa shape index (κ1) is 9.32. The quantitative estimate of drug-likeness (QED) is 0.373. The molecule has 0 saturated heterocycles. The summed E-state index contributed by atoms with van der Waals surface area (Å²) in [7, 11) is 0. The standard InChI is InChI=1S/C8H17N3O/c1-6(2)5-11(7-3-4-7)8(12)10-9/h6-7H,3-5,9H2,1-2H3,(H,10,12).